The molecule has 0 bridgehead atoms. The lowest BCUT2D eigenvalue weighted by Crippen LogP contribution is -2.19. The van der Waals surface area contributed by atoms with Crippen LogP contribution in [0, 0.1) is 0 Å². The van der Waals surface area contributed by atoms with E-state index < -0.39 is 0 Å². The number of nitrogens with one attached hydrogen (secondary N) is 1. The van der Waals surface area contributed by atoms with Crippen LogP contribution in [0.2, 0.25) is 5.02 Å². The number of aromatic nitrogens is 3. The smallest absolute Gasteiger partial charge is 0.246 e. The molecule has 1 N–H and O–H groups in total. The van der Waals surface area contributed by atoms with Crippen LogP contribution in [0.5, 0.6) is 0 Å². The van der Waals surface area contributed by atoms with E-state index in [1.807, 2.05) is 0 Å². The van der Waals surface area contributed by atoms with E-state index in [2.05, 4.69) is 31.6 Å². The van der Waals surface area contributed by atoms with Crippen LogP contribution in [-0.4, -0.2) is 20.9 Å². The van der Waals surface area contributed by atoms with E-state index in [4.69, 9.17) is 11.6 Å². The third-order valence-electron chi connectivity index (χ3n) is 1.98. The minimum Gasteiger partial charge on any atom is -0.323 e. The predicted molar refractivity (Wildman–Crippen MR) is 67.8 cm³/mol. The predicted octanol–water partition coefficient (Wildman–Crippen LogP) is 2.33. The fourth-order valence-corrected chi connectivity index (χ4v) is 1.77. The van der Waals surface area contributed by atoms with Gasteiger partial charge in [-0.15, -0.1) is 5.10 Å². The van der Waals surface area contributed by atoms with Crippen LogP contribution >= 0.6 is 27.5 Å². The molecular weight excluding hydrogens is 307 g/mol. The fraction of sp³-hybridized carbons (Fsp3) is 0.100. The number of hydrogen-bond acceptors (Lipinski definition) is 3. The van der Waals surface area contributed by atoms with Gasteiger partial charge in [0.15, 0.2) is 0 Å². The van der Waals surface area contributed by atoms with E-state index in [0.717, 1.165) is 4.47 Å². The van der Waals surface area contributed by atoms with E-state index in [1.54, 1.807) is 24.4 Å². The Labute approximate surface area is 111 Å². The first-order valence-electron chi connectivity index (χ1n) is 4.74. The summed E-state index contributed by atoms with van der Waals surface area (Å²) in [7, 11) is 0. The lowest BCUT2D eigenvalue weighted by Gasteiger charge is -2.07. The highest BCUT2D eigenvalue weighted by Gasteiger charge is 2.07. The number of carbonyl (C=O) groups excluding carboxylic acids is 1. The van der Waals surface area contributed by atoms with Crippen LogP contribution < -0.4 is 5.32 Å². The third kappa shape index (κ3) is 3.28. The van der Waals surface area contributed by atoms with Crippen LogP contribution in [0.1, 0.15) is 0 Å². The minimum atomic E-state index is -0.212. The maximum absolute atomic E-state index is 11.7. The van der Waals surface area contributed by atoms with Crippen LogP contribution in [0.3, 0.4) is 0 Å². The summed E-state index contributed by atoms with van der Waals surface area (Å²) in [6.45, 7) is 0.100. The van der Waals surface area contributed by atoms with Crippen LogP contribution in [0.15, 0.2) is 35.1 Å². The first-order chi connectivity index (χ1) is 8.15. The molecule has 2 aromatic rings. The molecule has 0 aliphatic heterocycles. The second kappa shape index (κ2) is 5.29. The van der Waals surface area contributed by atoms with Crippen molar-refractivity contribution in [3.05, 3.63) is 40.1 Å². The van der Waals surface area contributed by atoms with E-state index >= 15 is 0 Å². The summed E-state index contributed by atoms with van der Waals surface area (Å²) in [5, 5.41) is 10.5. The van der Waals surface area contributed by atoms with Gasteiger partial charge in [0.1, 0.15) is 6.54 Å². The number of nitrogens with zero attached hydrogens (tertiary/aromatic N) is 3. The van der Waals surface area contributed by atoms with Gasteiger partial charge in [-0.25, -0.2) is 4.68 Å². The summed E-state index contributed by atoms with van der Waals surface area (Å²) in [6, 6.07) is 5.24. The molecule has 1 heterocycles. The van der Waals surface area contributed by atoms with Gasteiger partial charge in [-0.2, -0.15) is 0 Å². The highest BCUT2D eigenvalue weighted by molar-refractivity contribution is 9.10. The minimum absolute atomic E-state index is 0.100. The van der Waals surface area contributed by atoms with Gasteiger partial charge < -0.3 is 5.32 Å². The fourth-order valence-electron chi connectivity index (χ4n) is 1.25. The molecule has 0 fully saturated rings. The number of halogens is 2. The number of hydrogen-bond donors (Lipinski definition) is 1. The Bertz CT molecular complexity index is 529. The Balaban J connectivity index is 2.05. The number of amides is 1. The number of rotatable bonds is 3. The molecule has 0 aliphatic carbocycles. The second-order valence-electron chi connectivity index (χ2n) is 3.27. The monoisotopic (exact) mass is 314 g/mol. The first kappa shape index (κ1) is 12.1. The van der Waals surface area contributed by atoms with Gasteiger partial charge in [-0.1, -0.05) is 32.7 Å². The van der Waals surface area contributed by atoms with Crippen molar-refractivity contribution in [2.24, 2.45) is 0 Å². The molecule has 0 saturated carbocycles. The second-order valence-corrected chi connectivity index (χ2v) is 4.60. The Morgan fingerprint density at radius 2 is 2.35 bits per heavy atom. The molecule has 0 atom stereocenters. The molecule has 1 aromatic carbocycles. The molecule has 7 heteroatoms. The molecule has 0 radical (unpaired) electrons. The Morgan fingerprint density at radius 1 is 1.53 bits per heavy atom. The van der Waals surface area contributed by atoms with Gasteiger partial charge in [0, 0.05) is 10.7 Å². The van der Waals surface area contributed by atoms with Gasteiger partial charge in [-0.3, -0.25) is 4.79 Å². The van der Waals surface area contributed by atoms with Gasteiger partial charge in [-0.05, 0) is 18.2 Å². The maximum atomic E-state index is 11.7. The summed E-state index contributed by atoms with van der Waals surface area (Å²) >= 11 is 9.26. The summed E-state index contributed by atoms with van der Waals surface area (Å²) in [5.74, 6) is -0.212. The van der Waals surface area contributed by atoms with Gasteiger partial charge in [0.2, 0.25) is 5.91 Å². The molecule has 1 amide bonds. The Kier molecular flexibility index (Phi) is 3.75. The number of anilines is 1. The summed E-state index contributed by atoms with van der Waals surface area (Å²) in [5.41, 5.74) is 0.561. The van der Waals surface area contributed by atoms with Crippen molar-refractivity contribution in [3.8, 4) is 0 Å². The molecule has 88 valence electrons. The van der Waals surface area contributed by atoms with E-state index in [0.29, 0.717) is 10.7 Å². The highest BCUT2D eigenvalue weighted by Crippen LogP contribution is 2.25. The quantitative estimate of drug-likeness (QED) is 0.945. The molecule has 0 saturated heterocycles. The third-order valence-corrected chi connectivity index (χ3v) is 2.80. The zero-order valence-electron chi connectivity index (χ0n) is 8.60. The largest absolute Gasteiger partial charge is 0.323 e. The molecule has 2 rings (SSSR count). The van der Waals surface area contributed by atoms with E-state index in [-0.39, 0.29) is 12.5 Å². The lowest BCUT2D eigenvalue weighted by atomic mass is 10.3. The molecular formula is C10H8BrClN4O. The Morgan fingerprint density at radius 3 is 3.06 bits per heavy atom. The Hall–Kier alpha value is -1.40. The molecule has 1 aromatic heterocycles. The summed E-state index contributed by atoms with van der Waals surface area (Å²) in [4.78, 5) is 11.7. The first-order valence-corrected chi connectivity index (χ1v) is 5.91. The normalized spacial score (nSPS) is 10.2. The molecule has 0 aliphatic rings. The lowest BCUT2D eigenvalue weighted by molar-refractivity contribution is -0.116. The van der Waals surface area contributed by atoms with Crippen molar-refractivity contribution in [1.29, 1.82) is 0 Å². The van der Waals surface area contributed by atoms with Gasteiger partial charge in [0.05, 0.1) is 16.9 Å². The zero-order chi connectivity index (χ0) is 12.3. The molecule has 0 spiro atoms. The van der Waals surface area contributed by atoms with Crippen LogP contribution in [-0.2, 0) is 11.3 Å². The average Bonchev–Trinajstić information content (AvgIpc) is 2.76. The van der Waals surface area contributed by atoms with Crippen LogP contribution in [0.25, 0.3) is 0 Å². The van der Waals surface area contributed by atoms with Crippen molar-refractivity contribution in [2.45, 2.75) is 6.54 Å². The van der Waals surface area contributed by atoms with Crippen molar-refractivity contribution in [1.82, 2.24) is 15.0 Å². The van der Waals surface area contributed by atoms with E-state index in [9.17, 15) is 4.79 Å². The van der Waals surface area contributed by atoms with Crippen molar-refractivity contribution in [3.63, 3.8) is 0 Å². The van der Waals surface area contributed by atoms with Crippen LogP contribution in [0.4, 0.5) is 5.69 Å². The number of carbonyl (C=O) groups is 1. The van der Waals surface area contributed by atoms with Crippen molar-refractivity contribution < 1.29 is 4.79 Å². The highest BCUT2D eigenvalue weighted by atomic mass is 79.9. The van der Waals surface area contributed by atoms with Gasteiger partial charge in [0.25, 0.3) is 0 Å². The average molecular weight is 316 g/mol. The SMILES string of the molecule is O=C(Cn1ccnn1)Nc1cc(Br)ccc1Cl. The van der Waals surface area contributed by atoms with Crippen molar-refractivity contribution >= 4 is 39.1 Å². The topological polar surface area (TPSA) is 59.8 Å². The summed E-state index contributed by atoms with van der Waals surface area (Å²) < 4.78 is 2.28. The maximum Gasteiger partial charge on any atom is 0.246 e. The van der Waals surface area contributed by atoms with Gasteiger partial charge >= 0.3 is 0 Å². The molecule has 17 heavy (non-hydrogen) atoms. The molecule has 0 unspecified atom stereocenters. The number of benzene rings is 1. The molecule has 5 nitrogen and oxygen atoms in total. The van der Waals surface area contributed by atoms with Crippen molar-refractivity contribution in [2.75, 3.05) is 5.32 Å². The standard InChI is InChI=1S/C10H8BrClN4O/c11-7-1-2-8(12)9(5-7)14-10(17)6-16-4-3-13-15-16/h1-5H,6H2,(H,14,17). The van der Waals surface area contributed by atoms with E-state index in [1.165, 1.54) is 10.9 Å². The summed E-state index contributed by atoms with van der Waals surface area (Å²) in [6.07, 6.45) is 3.13. The zero-order valence-corrected chi connectivity index (χ0v) is 10.9.